The molecule has 1 aromatic rings. The van der Waals surface area contributed by atoms with Crippen molar-refractivity contribution < 1.29 is 13.6 Å². The van der Waals surface area contributed by atoms with Crippen molar-refractivity contribution in [2.75, 3.05) is 19.4 Å². The number of hydrogen-bond acceptors (Lipinski definition) is 3. The number of rotatable bonds is 8. The van der Waals surface area contributed by atoms with Gasteiger partial charge < -0.3 is 9.05 Å². The van der Waals surface area contributed by atoms with Crippen molar-refractivity contribution >= 4 is 46.7 Å². The summed E-state index contributed by atoms with van der Waals surface area (Å²) < 4.78 is 23.0. The molecule has 114 valence electrons. The maximum Gasteiger partial charge on any atom is 0.330 e. The van der Waals surface area contributed by atoms with Gasteiger partial charge >= 0.3 is 7.60 Å². The Kier molecular flexibility index (Phi) is 8.10. The molecular weight excluding hydrogens is 386 g/mol. The lowest BCUT2D eigenvalue weighted by atomic mass is 10.1. The third-order valence-corrected chi connectivity index (χ3v) is 6.09. The second kappa shape index (κ2) is 8.77. The molecule has 0 fully saturated rings. The van der Waals surface area contributed by atoms with E-state index >= 15 is 0 Å². The smallest absolute Gasteiger partial charge is 0.309 e. The van der Waals surface area contributed by atoms with Crippen LogP contribution in [0.2, 0.25) is 10.0 Å². The predicted molar refractivity (Wildman–Crippen MR) is 88.5 cm³/mol. The highest BCUT2D eigenvalue weighted by atomic mass is 79.9. The van der Waals surface area contributed by atoms with E-state index in [1.807, 2.05) is 12.1 Å². The lowest BCUT2D eigenvalue weighted by Crippen LogP contribution is -2.04. The van der Waals surface area contributed by atoms with E-state index in [9.17, 15) is 4.57 Å². The normalized spacial score (nSPS) is 11.8. The summed E-state index contributed by atoms with van der Waals surface area (Å²) in [5.74, 6) is 0. The highest BCUT2D eigenvalue weighted by Gasteiger charge is 2.23. The van der Waals surface area contributed by atoms with Crippen LogP contribution in [0.1, 0.15) is 25.0 Å². The van der Waals surface area contributed by atoms with Gasteiger partial charge in [0.15, 0.2) is 0 Å². The van der Waals surface area contributed by atoms with Gasteiger partial charge in [-0.05, 0) is 43.5 Å². The highest BCUT2D eigenvalue weighted by Crippen LogP contribution is 2.48. The molecule has 1 aromatic carbocycles. The quantitative estimate of drug-likeness (QED) is 0.412. The summed E-state index contributed by atoms with van der Waals surface area (Å²) in [5.41, 5.74) is 2.02. The molecule has 0 atom stereocenters. The molecule has 0 saturated heterocycles. The maximum atomic E-state index is 12.4. The van der Waals surface area contributed by atoms with Gasteiger partial charge in [-0.3, -0.25) is 4.57 Å². The second-order valence-electron chi connectivity index (χ2n) is 4.09. The van der Waals surface area contributed by atoms with E-state index in [0.29, 0.717) is 41.2 Å². The zero-order chi connectivity index (χ0) is 15.2. The molecule has 0 aliphatic rings. The Bertz CT molecular complexity index is 487. The first-order chi connectivity index (χ1) is 9.45. The van der Waals surface area contributed by atoms with E-state index in [1.165, 1.54) is 0 Å². The van der Waals surface area contributed by atoms with Gasteiger partial charge in [0, 0.05) is 5.33 Å². The summed E-state index contributed by atoms with van der Waals surface area (Å²) in [4.78, 5) is 0. The van der Waals surface area contributed by atoms with E-state index in [1.54, 1.807) is 13.8 Å². The van der Waals surface area contributed by atoms with Gasteiger partial charge in [0.05, 0.1) is 29.4 Å². The van der Waals surface area contributed by atoms with E-state index in [2.05, 4.69) is 15.9 Å². The van der Waals surface area contributed by atoms with Crippen molar-refractivity contribution in [2.24, 2.45) is 0 Å². The number of hydrogen-bond donors (Lipinski definition) is 0. The molecule has 0 aromatic heterocycles. The highest BCUT2D eigenvalue weighted by molar-refractivity contribution is 9.08. The van der Waals surface area contributed by atoms with Crippen LogP contribution in [0.5, 0.6) is 0 Å². The Morgan fingerprint density at radius 1 is 1.10 bits per heavy atom. The SMILES string of the molecule is CCOP(=O)(CCc1cc(Cl)c(Cl)cc1CBr)OCC. The number of alkyl halides is 1. The van der Waals surface area contributed by atoms with Gasteiger partial charge in [-0.1, -0.05) is 39.1 Å². The monoisotopic (exact) mass is 402 g/mol. The molecule has 0 amide bonds. The van der Waals surface area contributed by atoms with Crippen LogP contribution < -0.4 is 0 Å². The molecule has 0 N–H and O–H groups in total. The molecule has 20 heavy (non-hydrogen) atoms. The summed E-state index contributed by atoms with van der Waals surface area (Å²) in [6, 6.07) is 3.63. The lowest BCUT2D eigenvalue weighted by molar-refractivity contribution is 0.220. The molecule has 3 nitrogen and oxygen atoms in total. The van der Waals surface area contributed by atoms with Gasteiger partial charge in [0.25, 0.3) is 0 Å². The Hall–Kier alpha value is 0.430. The van der Waals surface area contributed by atoms with Crippen molar-refractivity contribution in [2.45, 2.75) is 25.6 Å². The lowest BCUT2D eigenvalue weighted by Gasteiger charge is -2.18. The first-order valence-corrected chi connectivity index (χ1v) is 9.97. The molecule has 0 aliphatic carbocycles. The minimum atomic E-state index is -3.03. The second-order valence-corrected chi connectivity index (χ2v) is 7.65. The summed E-state index contributed by atoms with van der Waals surface area (Å²) in [6.07, 6.45) is 0.891. The average molecular weight is 404 g/mol. The van der Waals surface area contributed by atoms with Crippen molar-refractivity contribution in [1.29, 1.82) is 0 Å². The molecule has 0 aliphatic heterocycles. The van der Waals surface area contributed by atoms with Gasteiger partial charge in [0.2, 0.25) is 0 Å². The van der Waals surface area contributed by atoms with Crippen LogP contribution in [0.4, 0.5) is 0 Å². The van der Waals surface area contributed by atoms with E-state index < -0.39 is 7.60 Å². The van der Waals surface area contributed by atoms with Crippen molar-refractivity contribution in [1.82, 2.24) is 0 Å². The van der Waals surface area contributed by atoms with Crippen LogP contribution in [0, 0.1) is 0 Å². The summed E-state index contributed by atoms with van der Waals surface area (Å²) >= 11 is 15.4. The standard InChI is InChI=1S/C13H18BrCl2O3P/c1-3-18-20(17,19-4-2)6-5-10-7-12(15)13(16)8-11(10)9-14/h7-8H,3-6,9H2,1-2H3. The Labute approximate surface area is 138 Å². The minimum Gasteiger partial charge on any atom is -0.309 e. The molecule has 0 saturated carbocycles. The van der Waals surface area contributed by atoms with Gasteiger partial charge in [0.1, 0.15) is 0 Å². The van der Waals surface area contributed by atoms with Crippen LogP contribution in [0.3, 0.4) is 0 Å². The zero-order valence-corrected chi connectivity index (χ0v) is 15.5. The summed E-state index contributed by atoms with van der Waals surface area (Å²) in [7, 11) is -3.03. The fourth-order valence-electron chi connectivity index (χ4n) is 1.80. The summed E-state index contributed by atoms with van der Waals surface area (Å²) in [5, 5.41) is 1.67. The van der Waals surface area contributed by atoms with Crippen LogP contribution >= 0.6 is 46.7 Å². The fraction of sp³-hybridized carbons (Fsp3) is 0.538. The van der Waals surface area contributed by atoms with Gasteiger partial charge in [-0.2, -0.15) is 0 Å². The molecular formula is C13H18BrCl2O3P. The van der Waals surface area contributed by atoms with E-state index in [4.69, 9.17) is 32.2 Å². The maximum absolute atomic E-state index is 12.4. The molecule has 0 spiro atoms. The van der Waals surface area contributed by atoms with Crippen LogP contribution in [-0.4, -0.2) is 19.4 Å². The molecule has 0 radical (unpaired) electrons. The topological polar surface area (TPSA) is 35.5 Å². The average Bonchev–Trinajstić information content (AvgIpc) is 2.40. The fourth-order valence-corrected chi connectivity index (χ4v) is 4.33. The minimum absolute atomic E-state index is 0.326. The van der Waals surface area contributed by atoms with Gasteiger partial charge in [-0.15, -0.1) is 0 Å². The van der Waals surface area contributed by atoms with Crippen molar-refractivity contribution in [3.05, 3.63) is 33.3 Å². The molecule has 0 bridgehead atoms. The van der Waals surface area contributed by atoms with Crippen LogP contribution in [-0.2, 0) is 25.4 Å². The molecule has 0 heterocycles. The number of benzene rings is 1. The largest absolute Gasteiger partial charge is 0.330 e. The molecule has 7 heteroatoms. The number of aryl methyl sites for hydroxylation is 1. The van der Waals surface area contributed by atoms with Crippen molar-refractivity contribution in [3.63, 3.8) is 0 Å². The Morgan fingerprint density at radius 3 is 2.05 bits per heavy atom. The Balaban J connectivity index is 2.87. The molecule has 1 rings (SSSR count). The first kappa shape index (κ1) is 18.5. The van der Waals surface area contributed by atoms with E-state index in [0.717, 1.165) is 11.1 Å². The van der Waals surface area contributed by atoms with Crippen molar-refractivity contribution in [3.8, 4) is 0 Å². The third kappa shape index (κ3) is 5.32. The Morgan fingerprint density at radius 2 is 1.60 bits per heavy atom. The van der Waals surface area contributed by atoms with E-state index in [-0.39, 0.29) is 0 Å². The number of halogens is 3. The molecule has 0 unspecified atom stereocenters. The van der Waals surface area contributed by atoms with Crippen LogP contribution in [0.15, 0.2) is 12.1 Å². The first-order valence-electron chi connectivity index (χ1n) is 6.36. The van der Waals surface area contributed by atoms with Gasteiger partial charge in [-0.25, -0.2) is 0 Å². The third-order valence-electron chi connectivity index (χ3n) is 2.69. The van der Waals surface area contributed by atoms with Crippen LogP contribution in [0.25, 0.3) is 0 Å². The predicted octanol–water partition coefficient (Wildman–Crippen LogP) is 5.70. The summed E-state index contributed by atoms with van der Waals surface area (Å²) in [6.45, 7) is 4.33. The zero-order valence-electron chi connectivity index (χ0n) is 11.5.